The summed E-state index contributed by atoms with van der Waals surface area (Å²) < 4.78 is 20.4. The number of carbonyl (C=O) groups is 2. The number of ether oxygens (including phenoxy) is 4. The van der Waals surface area contributed by atoms with Gasteiger partial charge >= 0.3 is 11.9 Å². The van der Waals surface area contributed by atoms with Gasteiger partial charge in [-0.25, -0.2) is 4.98 Å². The molecule has 9 nitrogen and oxygen atoms in total. The summed E-state index contributed by atoms with van der Waals surface area (Å²) in [5, 5.41) is 8.42. The van der Waals surface area contributed by atoms with Gasteiger partial charge in [-0.05, 0) is 27.7 Å². The molecule has 0 aliphatic heterocycles. The number of aromatic nitrogens is 2. The normalized spacial score (nSPS) is 10.8. The van der Waals surface area contributed by atoms with Gasteiger partial charge < -0.3 is 29.0 Å². The fourth-order valence-corrected chi connectivity index (χ4v) is 1.97. The number of aliphatic hydroxyl groups excluding tert-OH is 1. The first-order valence-electron chi connectivity index (χ1n) is 9.01. The van der Waals surface area contributed by atoms with Crippen LogP contribution >= 0.6 is 22.6 Å². The van der Waals surface area contributed by atoms with E-state index in [1.165, 1.54) is 14.2 Å². The molecule has 0 atom stereocenters. The second-order valence-corrected chi connectivity index (χ2v) is 8.11. The van der Waals surface area contributed by atoms with Gasteiger partial charge in [-0.3, -0.25) is 9.59 Å². The smallest absolute Gasteiger partial charge is 0.313 e. The maximum atomic E-state index is 11.1. The van der Waals surface area contributed by atoms with Crippen LogP contribution < -0.4 is 0 Å². The number of rotatable bonds is 10. The van der Waals surface area contributed by atoms with Crippen LogP contribution in [0.1, 0.15) is 27.7 Å². The minimum absolute atomic E-state index is 0.0305. The zero-order valence-electron chi connectivity index (χ0n) is 18.2. The number of esters is 2. The number of aromatic amines is 1. The summed E-state index contributed by atoms with van der Waals surface area (Å²) in [6.07, 6.45) is 5.08. The number of carbonyl (C=O) groups excluding carboxylic acids is 2. The van der Waals surface area contributed by atoms with E-state index < -0.39 is 10.8 Å². The van der Waals surface area contributed by atoms with E-state index in [-0.39, 0.29) is 31.8 Å². The van der Waals surface area contributed by atoms with E-state index in [1.807, 2.05) is 13.8 Å². The highest BCUT2D eigenvalue weighted by Crippen LogP contribution is 2.17. The summed E-state index contributed by atoms with van der Waals surface area (Å²) in [5.41, 5.74) is -1.16. The Balaban J connectivity index is 0. The second-order valence-electron chi connectivity index (χ2n) is 7.03. The van der Waals surface area contributed by atoms with Gasteiger partial charge in [0.15, 0.2) is 0 Å². The second kappa shape index (κ2) is 17.6. The van der Waals surface area contributed by atoms with Crippen molar-refractivity contribution in [1.82, 2.24) is 9.97 Å². The molecule has 0 radical (unpaired) electrons. The average Bonchev–Trinajstić information content (AvgIpc) is 3.27. The lowest BCUT2D eigenvalue weighted by atomic mass is 9.95. The molecular weight excluding hydrogens is 495 g/mol. The first-order chi connectivity index (χ1) is 13.6. The van der Waals surface area contributed by atoms with Gasteiger partial charge in [-0.2, -0.15) is 0 Å². The van der Waals surface area contributed by atoms with Gasteiger partial charge in [0.2, 0.25) is 0 Å². The molecule has 0 unspecified atom stereocenters. The summed E-state index contributed by atoms with van der Waals surface area (Å²) in [7, 11) is 2.73. The maximum absolute atomic E-state index is 11.1. The third-order valence-electron chi connectivity index (χ3n) is 3.26. The highest BCUT2D eigenvalue weighted by atomic mass is 127. The number of methoxy groups -OCH3 is 2. The van der Waals surface area contributed by atoms with Crippen LogP contribution in [-0.4, -0.2) is 78.7 Å². The summed E-state index contributed by atoms with van der Waals surface area (Å²) in [6, 6.07) is 0. The van der Waals surface area contributed by atoms with Crippen LogP contribution in [0.4, 0.5) is 0 Å². The molecule has 0 saturated carbocycles. The number of hydrogen-bond donors (Lipinski definition) is 2. The van der Waals surface area contributed by atoms with Gasteiger partial charge in [0, 0.05) is 16.8 Å². The van der Waals surface area contributed by atoms with E-state index in [0.29, 0.717) is 13.2 Å². The van der Waals surface area contributed by atoms with Crippen LogP contribution in [0, 0.1) is 10.8 Å². The Morgan fingerprint density at radius 2 is 1.48 bits per heavy atom. The van der Waals surface area contributed by atoms with Crippen molar-refractivity contribution in [1.29, 1.82) is 0 Å². The molecule has 29 heavy (non-hydrogen) atoms. The summed E-state index contributed by atoms with van der Waals surface area (Å²) in [4.78, 5) is 28.6. The van der Waals surface area contributed by atoms with Crippen molar-refractivity contribution in [3.63, 3.8) is 0 Å². The van der Waals surface area contributed by atoms with E-state index in [2.05, 4.69) is 42.0 Å². The molecule has 0 aromatic carbocycles. The SMILES string of the molecule is COC(=O)C(C)(C)COCCI.COC(=O)C(C)(C)COCCO.c1c[nH]cn1. The quantitative estimate of drug-likeness (QED) is 0.205. The standard InChI is InChI=1S/C8H15IO3.C8H16O4.C3H4N2/c2*1-8(2,7(10)11-3)6-12-5-4-9;1-2-5-3-4-1/h4-6H2,1-3H3;9H,4-6H2,1-3H3;1-3H,(H,4,5). The van der Waals surface area contributed by atoms with Crippen molar-refractivity contribution >= 4 is 34.5 Å². The predicted molar refractivity (Wildman–Crippen MR) is 118 cm³/mol. The molecule has 1 rings (SSSR count). The third-order valence-corrected chi connectivity index (χ3v) is 3.71. The summed E-state index contributed by atoms with van der Waals surface area (Å²) in [6.45, 7) is 8.67. The number of H-pyrrole nitrogens is 1. The molecule has 0 amide bonds. The molecule has 10 heteroatoms. The van der Waals surface area contributed by atoms with Crippen LogP contribution in [0.15, 0.2) is 18.7 Å². The maximum Gasteiger partial charge on any atom is 0.313 e. The van der Waals surface area contributed by atoms with E-state index in [1.54, 1.807) is 32.6 Å². The van der Waals surface area contributed by atoms with Crippen molar-refractivity contribution in [3.05, 3.63) is 18.7 Å². The minimum atomic E-state index is -0.635. The van der Waals surface area contributed by atoms with Crippen molar-refractivity contribution < 1.29 is 33.6 Å². The Morgan fingerprint density at radius 1 is 1.00 bits per heavy atom. The predicted octanol–water partition coefficient (Wildman–Crippen LogP) is 2.24. The topological polar surface area (TPSA) is 120 Å². The molecule has 0 fully saturated rings. The van der Waals surface area contributed by atoms with Gasteiger partial charge in [0.05, 0.1) is 64.4 Å². The van der Waals surface area contributed by atoms with E-state index in [4.69, 9.17) is 14.6 Å². The number of nitrogens with one attached hydrogen (secondary N) is 1. The fourth-order valence-electron chi connectivity index (χ4n) is 1.66. The van der Waals surface area contributed by atoms with Gasteiger partial charge in [-0.1, -0.05) is 22.6 Å². The van der Waals surface area contributed by atoms with Crippen LogP contribution in [0.2, 0.25) is 0 Å². The Bertz CT molecular complexity index is 471. The molecule has 0 bridgehead atoms. The largest absolute Gasteiger partial charge is 0.469 e. The molecule has 0 saturated heterocycles. The Labute approximate surface area is 187 Å². The van der Waals surface area contributed by atoms with Gasteiger partial charge in [-0.15, -0.1) is 0 Å². The van der Waals surface area contributed by atoms with Crippen LogP contribution in [-0.2, 0) is 28.5 Å². The molecular formula is C19H35IN2O7. The summed E-state index contributed by atoms with van der Waals surface area (Å²) in [5.74, 6) is -0.531. The first-order valence-corrected chi connectivity index (χ1v) is 10.5. The molecule has 0 aliphatic rings. The minimum Gasteiger partial charge on any atom is -0.469 e. The number of halogens is 1. The van der Waals surface area contributed by atoms with Crippen molar-refractivity contribution in [2.45, 2.75) is 27.7 Å². The fraction of sp³-hybridized carbons (Fsp3) is 0.737. The number of hydrogen-bond acceptors (Lipinski definition) is 8. The Hall–Kier alpha value is -1.24. The molecule has 1 heterocycles. The molecule has 170 valence electrons. The molecule has 1 aromatic rings. The highest BCUT2D eigenvalue weighted by molar-refractivity contribution is 14.1. The van der Waals surface area contributed by atoms with Crippen LogP contribution in [0.3, 0.4) is 0 Å². The van der Waals surface area contributed by atoms with Crippen molar-refractivity contribution in [3.8, 4) is 0 Å². The monoisotopic (exact) mass is 530 g/mol. The lowest BCUT2D eigenvalue weighted by Gasteiger charge is -2.20. The third kappa shape index (κ3) is 16.3. The lowest BCUT2D eigenvalue weighted by Crippen LogP contribution is -2.31. The molecule has 1 aromatic heterocycles. The van der Waals surface area contributed by atoms with E-state index in [0.717, 1.165) is 4.43 Å². The van der Waals surface area contributed by atoms with Crippen LogP contribution in [0.25, 0.3) is 0 Å². The van der Waals surface area contributed by atoms with E-state index in [9.17, 15) is 9.59 Å². The van der Waals surface area contributed by atoms with Gasteiger partial charge in [0.1, 0.15) is 0 Å². The number of aliphatic hydroxyl groups is 1. The number of imidazole rings is 1. The molecule has 0 aliphatic carbocycles. The lowest BCUT2D eigenvalue weighted by molar-refractivity contribution is -0.155. The zero-order valence-corrected chi connectivity index (χ0v) is 20.4. The molecule has 2 N–H and O–H groups in total. The Kier molecular flexibility index (Phi) is 18.2. The highest BCUT2D eigenvalue weighted by Gasteiger charge is 2.29. The number of nitrogens with zero attached hydrogens (tertiary/aromatic N) is 1. The van der Waals surface area contributed by atoms with Crippen molar-refractivity contribution in [2.24, 2.45) is 10.8 Å². The Morgan fingerprint density at radius 3 is 1.76 bits per heavy atom. The van der Waals surface area contributed by atoms with Gasteiger partial charge in [0.25, 0.3) is 0 Å². The average molecular weight is 530 g/mol. The van der Waals surface area contributed by atoms with Crippen molar-refractivity contribution in [2.75, 3.05) is 51.7 Å². The van der Waals surface area contributed by atoms with Crippen LogP contribution in [0.5, 0.6) is 0 Å². The summed E-state index contributed by atoms with van der Waals surface area (Å²) >= 11 is 2.22. The molecule has 0 spiro atoms. The van der Waals surface area contributed by atoms with E-state index >= 15 is 0 Å². The first kappa shape index (κ1) is 30.0. The zero-order chi connectivity index (χ0) is 22.8. The number of alkyl halides is 1.